The maximum absolute atomic E-state index is 12.9. The number of nitrogens with zero attached hydrogens (tertiary/aromatic N) is 3. The molecule has 124 valence electrons. The van der Waals surface area contributed by atoms with Crippen LogP contribution < -0.4 is 5.32 Å². The predicted octanol–water partition coefficient (Wildman–Crippen LogP) is 2.98. The van der Waals surface area contributed by atoms with Gasteiger partial charge in [0.25, 0.3) is 5.91 Å². The Labute approximate surface area is 140 Å². The minimum absolute atomic E-state index is 0.150. The van der Waals surface area contributed by atoms with E-state index in [0.29, 0.717) is 5.82 Å². The second-order valence-electron chi connectivity index (χ2n) is 5.87. The first-order valence-corrected chi connectivity index (χ1v) is 7.88. The molecule has 1 aliphatic rings. The van der Waals surface area contributed by atoms with Crippen LogP contribution in [0.5, 0.6) is 0 Å². The highest BCUT2D eigenvalue weighted by molar-refractivity contribution is 6.02. The first kappa shape index (κ1) is 16.3. The molecule has 1 N–H and O–H groups in total. The summed E-state index contributed by atoms with van der Waals surface area (Å²) in [6.07, 6.45) is 5.17. The molecular formula is C18H19FN4O. The van der Waals surface area contributed by atoms with E-state index in [9.17, 15) is 9.18 Å². The highest BCUT2D eigenvalue weighted by Gasteiger charge is 2.11. The van der Waals surface area contributed by atoms with Gasteiger partial charge in [0.1, 0.15) is 17.3 Å². The Morgan fingerprint density at radius 2 is 2.04 bits per heavy atom. The lowest BCUT2D eigenvalue weighted by Crippen LogP contribution is -2.26. The van der Waals surface area contributed by atoms with Gasteiger partial charge in [0, 0.05) is 13.1 Å². The van der Waals surface area contributed by atoms with Gasteiger partial charge in [0.2, 0.25) is 0 Å². The fourth-order valence-electron chi connectivity index (χ4n) is 2.55. The molecule has 2 aromatic heterocycles. The first-order valence-electron chi connectivity index (χ1n) is 7.88. The Balaban J connectivity index is 1.70. The third-order valence-corrected chi connectivity index (χ3v) is 3.95. The molecule has 0 saturated carbocycles. The smallest absolute Gasteiger partial charge is 0.275 e. The van der Waals surface area contributed by atoms with Crippen molar-refractivity contribution in [1.29, 1.82) is 0 Å². The van der Waals surface area contributed by atoms with Crippen molar-refractivity contribution in [3.8, 4) is 0 Å². The average molecular weight is 326 g/mol. The van der Waals surface area contributed by atoms with Crippen LogP contribution in [0.3, 0.4) is 0 Å². The number of aromatic nitrogens is 2. The summed E-state index contributed by atoms with van der Waals surface area (Å²) in [7, 11) is 2.12. The Bertz CT molecular complexity index is 748. The van der Waals surface area contributed by atoms with Gasteiger partial charge in [-0.05, 0) is 50.2 Å². The van der Waals surface area contributed by atoms with Crippen molar-refractivity contribution in [2.24, 2.45) is 0 Å². The van der Waals surface area contributed by atoms with E-state index in [1.165, 1.54) is 17.7 Å². The first-order chi connectivity index (χ1) is 11.6. The third-order valence-electron chi connectivity index (χ3n) is 3.95. The van der Waals surface area contributed by atoms with Gasteiger partial charge in [0.05, 0.1) is 11.9 Å². The molecule has 0 atom stereocenters. The summed E-state index contributed by atoms with van der Waals surface area (Å²) in [5, 5.41) is 2.69. The molecule has 0 bridgehead atoms. The van der Waals surface area contributed by atoms with Gasteiger partial charge in [-0.1, -0.05) is 11.6 Å². The van der Waals surface area contributed by atoms with Crippen LogP contribution >= 0.6 is 0 Å². The molecule has 0 radical (unpaired) electrons. The highest BCUT2D eigenvalue weighted by Crippen LogP contribution is 2.18. The molecular weight excluding hydrogens is 307 g/mol. The van der Waals surface area contributed by atoms with Crippen molar-refractivity contribution in [2.45, 2.75) is 12.8 Å². The maximum atomic E-state index is 12.9. The van der Waals surface area contributed by atoms with Crippen LogP contribution in [0.1, 0.15) is 29.0 Å². The lowest BCUT2D eigenvalue weighted by atomic mass is 10.0. The number of likely N-dealkylation sites (tertiary alicyclic amines) is 1. The van der Waals surface area contributed by atoms with Gasteiger partial charge in [-0.2, -0.15) is 0 Å². The monoisotopic (exact) mass is 326 g/mol. The van der Waals surface area contributed by atoms with Crippen molar-refractivity contribution >= 4 is 17.8 Å². The second kappa shape index (κ2) is 7.31. The zero-order valence-corrected chi connectivity index (χ0v) is 13.5. The number of hydrogen-bond acceptors (Lipinski definition) is 4. The summed E-state index contributed by atoms with van der Waals surface area (Å²) in [5.41, 5.74) is 2.33. The molecule has 1 fully saturated rings. The quantitative estimate of drug-likeness (QED) is 0.942. The van der Waals surface area contributed by atoms with Crippen LogP contribution in [-0.2, 0) is 0 Å². The van der Waals surface area contributed by atoms with E-state index in [1.807, 2.05) is 12.1 Å². The lowest BCUT2D eigenvalue weighted by molar-refractivity contribution is 0.102. The van der Waals surface area contributed by atoms with E-state index in [1.54, 1.807) is 6.07 Å². The number of rotatable bonds is 3. The number of pyridine rings is 2. The van der Waals surface area contributed by atoms with Crippen LogP contribution in [0.15, 0.2) is 42.1 Å². The van der Waals surface area contributed by atoms with Gasteiger partial charge in [-0.25, -0.2) is 14.4 Å². The zero-order chi connectivity index (χ0) is 16.9. The number of carbonyl (C=O) groups is 1. The molecule has 6 heteroatoms. The highest BCUT2D eigenvalue weighted by atomic mass is 19.1. The number of nitrogens with one attached hydrogen (secondary N) is 1. The molecule has 0 unspecified atom stereocenters. The Morgan fingerprint density at radius 1 is 1.25 bits per heavy atom. The van der Waals surface area contributed by atoms with Crippen molar-refractivity contribution in [2.75, 3.05) is 25.5 Å². The molecule has 0 aromatic carbocycles. The lowest BCUT2D eigenvalue weighted by Gasteiger charge is -2.23. The van der Waals surface area contributed by atoms with Crippen molar-refractivity contribution < 1.29 is 9.18 Å². The van der Waals surface area contributed by atoms with Crippen molar-refractivity contribution in [3.63, 3.8) is 0 Å². The Hall–Kier alpha value is -2.60. The van der Waals surface area contributed by atoms with Gasteiger partial charge in [-0.3, -0.25) is 4.79 Å². The van der Waals surface area contributed by atoms with Gasteiger partial charge in [-0.15, -0.1) is 0 Å². The van der Waals surface area contributed by atoms with Crippen LogP contribution in [0.2, 0.25) is 0 Å². The molecule has 3 rings (SSSR count). The van der Waals surface area contributed by atoms with Gasteiger partial charge < -0.3 is 10.2 Å². The van der Waals surface area contributed by atoms with Crippen LogP contribution in [0.4, 0.5) is 10.2 Å². The van der Waals surface area contributed by atoms with Gasteiger partial charge in [0.15, 0.2) is 0 Å². The number of piperidine rings is 1. The molecule has 1 aliphatic heterocycles. The molecule has 24 heavy (non-hydrogen) atoms. The minimum Gasteiger partial charge on any atom is -0.306 e. The van der Waals surface area contributed by atoms with E-state index in [2.05, 4.69) is 33.3 Å². The standard InChI is InChI=1S/C18H19FN4O/c1-23-9-7-13(8-10-23)11-15-3-2-4-17(21-15)22-18(24)16-6-5-14(19)12-20-16/h2-6,11-12H,7-10H2,1H3,(H,21,22,24). The maximum Gasteiger partial charge on any atom is 0.275 e. The SMILES string of the molecule is CN1CCC(=Cc2cccc(NC(=O)c3ccc(F)cn3)n2)CC1. The second-order valence-corrected chi connectivity index (χ2v) is 5.87. The van der Waals surface area contributed by atoms with Crippen LogP contribution in [-0.4, -0.2) is 40.9 Å². The molecule has 1 amide bonds. The number of amides is 1. The van der Waals surface area contributed by atoms with E-state index < -0.39 is 11.7 Å². The Morgan fingerprint density at radius 3 is 2.75 bits per heavy atom. The zero-order valence-electron chi connectivity index (χ0n) is 13.5. The summed E-state index contributed by atoms with van der Waals surface area (Å²) in [6.45, 7) is 2.11. The van der Waals surface area contributed by atoms with Crippen LogP contribution in [0.25, 0.3) is 6.08 Å². The number of carbonyl (C=O) groups excluding carboxylic acids is 1. The average Bonchev–Trinajstić information content (AvgIpc) is 2.58. The molecule has 3 heterocycles. The number of halogens is 1. The number of anilines is 1. The topological polar surface area (TPSA) is 58.1 Å². The van der Waals surface area contributed by atoms with E-state index >= 15 is 0 Å². The van der Waals surface area contributed by atoms with E-state index in [4.69, 9.17) is 0 Å². The van der Waals surface area contributed by atoms with Crippen molar-refractivity contribution in [1.82, 2.24) is 14.9 Å². The molecule has 2 aromatic rings. The van der Waals surface area contributed by atoms with E-state index in [-0.39, 0.29) is 5.69 Å². The Kier molecular flexibility index (Phi) is 4.96. The third kappa shape index (κ3) is 4.23. The van der Waals surface area contributed by atoms with E-state index in [0.717, 1.165) is 37.8 Å². The fourth-order valence-corrected chi connectivity index (χ4v) is 2.55. The summed E-state index contributed by atoms with van der Waals surface area (Å²) in [6, 6.07) is 8.03. The summed E-state index contributed by atoms with van der Waals surface area (Å²) >= 11 is 0. The molecule has 0 spiro atoms. The van der Waals surface area contributed by atoms with Gasteiger partial charge >= 0.3 is 0 Å². The number of hydrogen-bond donors (Lipinski definition) is 1. The normalized spacial score (nSPS) is 15.2. The molecule has 5 nitrogen and oxygen atoms in total. The van der Waals surface area contributed by atoms with Crippen molar-refractivity contribution in [3.05, 3.63) is 59.3 Å². The summed E-state index contributed by atoms with van der Waals surface area (Å²) in [4.78, 5) is 22.6. The predicted molar refractivity (Wildman–Crippen MR) is 91.1 cm³/mol. The van der Waals surface area contributed by atoms with Crippen LogP contribution in [0, 0.1) is 5.82 Å². The minimum atomic E-state index is -0.476. The summed E-state index contributed by atoms with van der Waals surface area (Å²) in [5.74, 6) is -0.434. The summed E-state index contributed by atoms with van der Waals surface area (Å²) < 4.78 is 12.9. The molecule has 0 aliphatic carbocycles. The largest absolute Gasteiger partial charge is 0.306 e. The molecule has 1 saturated heterocycles. The fraction of sp³-hybridized carbons (Fsp3) is 0.278.